The maximum atomic E-state index is 12.6. The molecule has 1 heterocycles. The summed E-state index contributed by atoms with van der Waals surface area (Å²) in [7, 11) is 0. The predicted octanol–water partition coefficient (Wildman–Crippen LogP) is 4.44. The number of nitrogens with zero attached hydrogens (tertiary/aromatic N) is 2. The molecular weight excluding hydrogens is 372 g/mol. The Labute approximate surface area is 168 Å². The number of imidazole rings is 1. The van der Waals surface area contributed by atoms with Gasteiger partial charge in [-0.25, -0.2) is 4.98 Å². The molecule has 0 fully saturated rings. The number of carbonyl (C=O) groups excluding carboxylic acids is 2. The standard InChI is InChI=1S/C21H22N4O2S/c1-14(2)19(26)23-16-7-9-17(10-8-16)24-20(27)15-5-4-6-18(13-15)25-12-11-22-21(25)28-3/h4-14H,1-3H3,(H,23,26)(H,24,27). The molecule has 0 unspecified atom stereocenters. The van der Waals surface area contributed by atoms with Gasteiger partial charge in [-0.1, -0.05) is 31.7 Å². The van der Waals surface area contributed by atoms with Gasteiger partial charge in [0.25, 0.3) is 5.91 Å². The average molecular weight is 395 g/mol. The van der Waals surface area contributed by atoms with Crippen molar-refractivity contribution in [1.29, 1.82) is 0 Å². The Hall–Kier alpha value is -3.06. The van der Waals surface area contributed by atoms with Gasteiger partial charge in [-0.3, -0.25) is 14.2 Å². The van der Waals surface area contributed by atoms with Crippen LogP contribution in [0.1, 0.15) is 24.2 Å². The van der Waals surface area contributed by atoms with E-state index in [1.54, 1.807) is 48.3 Å². The second-order valence-corrected chi connectivity index (χ2v) is 7.28. The van der Waals surface area contributed by atoms with Crippen LogP contribution < -0.4 is 10.6 Å². The molecule has 0 bridgehead atoms. The van der Waals surface area contributed by atoms with Crippen molar-refractivity contribution in [2.45, 2.75) is 19.0 Å². The van der Waals surface area contributed by atoms with Gasteiger partial charge < -0.3 is 10.6 Å². The van der Waals surface area contributed by atoms with E-state index in [4.69, 9.17) is 0 Å². The monoisotopic (exact) mass is 394 g/mol. The zero-order valence-electron chi connectivity index (χ0n) is 16.0. The Morgan fingerprint density at radius 1 is 1.04 bits per heavy atom. The lowest BCUT2D eigenvalue weighted by molar-refractivity contribution is -0.118. The molecule has 0 aliphatic carbocycles. The fourth-order valence-corrected chi connectivity index (χ4v) is 3.09. The van der Waals surface area contributed by atoms with Crippen LogP contribution in [0.15, 0.2) is 66.1 Å². The zero-order chi connectivity index (χ0) is 20.1. The summed E-state index contributed by atoms with van der Waals surface area (Å²) < 4.78 is 1.94. The highest BCUT2D eigenvalue weighted by atomic mass is 32.2. The van der Waals surface area contributed by atoms with Gasteiger partial charge in [0.2, 0.25) is 5.91 Å². The largest absolute Gasteiger partial charge is 0.326 e. The van der Waals surface area contributed by atoms with E-state index >= 15 is 0 Å². The van der Waals surface area contributed by atoms with E-state index in [0.717, 1.165) is 10.8 Å². The predicted molar refractivity (Wildman–Crippen MR) is 113 cm³/mol. The minimum absolute atomic E-state index is 0.0438. The van der Waals surface area contributed by atoms with E-state index in [9.17, 15) is 9.59 Å². The van der Waals surface area contributed by atoms with Crippen molar-refractivity contribution >= 4 is 35.0 Å². The topological polar surface area (TPSA) is 76.0 Å². The summed E-state index contributed by atoms with van der Waals surface area (Å²) in [5.41, 5.74) is 2.78. The maximum absolute atomic E-state index is 12.6. The molecular formula is C21H22N4O2S. The van der Waals surface area contributed by atoms with Crippen LogP contribution in [0.25, 0.3) is 5.69 Å². The summed E-state index contributed by atoms with van der Waals surface area (Å²) >= 11 is 1.54. The fraction of sp³-hybridized carbons (Fsp3) is 0.190. The van der Waals surface area contributed by atoms with Gasteiger partial charge in [-0.05, 0) is 48.7 Å². The molecule has 6 nitrogen and oxygen atoms in total. The van der Waals surface area contributed by atoms with Gasteiger partial charge in [0.1, 0.15) is 0 Å². The molecule has 0 aliphatic heterocycles. The minimum Gasteiger partial charge on any atom is -0.326 e. The molecule has 0 atom stereocenters. The first-order chi connectivity index (χ1) is 13.5. The SMILES string of the molecule is CSc1nccn1-c1cccc(C(=O)Nc2ccc(NC(=O)C(C)C)cc2)c1. The van der Waals surface area contributed by atoms with E-state index in [-0.39, 0.29) is 17.7 Å². The van der Waals surface area contributed by atoms with E-state index < -0.39 is 0 Å². The molecule has 28 heavy (non-hydrogen) atoms. The van der Waals surface area contributed by atoms with Crippen molar-refractivity contribution in [3.8, 4) is 5.69 Å². The molecule has 0 saturated heterocycles. The van der Waals surface area contributed by atoms with E-state index in [1.165, 1.54) is 0 Å². The van der Waals surface area contributed by atoms with E-state index in [2.05, 4.69) is 15.6 Å². The lowest BCUT2D eigenvalue weighted by Gasteiger charge is -2.10. The third-order valence-corrected chi connectivity index (χ3v) is 4.78. The number of hydrogen-bond acceptors (Lipinski definition) is 4. The Morgan fingerprint density at radius 3 is 2.36 bits per heavy atom. The van der Waals surface area contributed by atoms with Gasteiger partial charge in [-0.2, -0.15) is 0 Å². The number of hydrogen-bond donors (Lipinski definition) is 2. The summed E-state index contributed by atoms with van der Waals surface area (Å²) in [4.78, 5) is 28.7. The number of anilines is 2. The van der Waals surface area contributed by atoms with Crippen LogP contribution in [0.4, 0.5) is 11.4 Å². The van der Waals surface area contributed by atoms with Crippen LogP contribution >= 0.6 is 11.8 Å². The van der Waals surface area contributed by atoms with E-state index in [0.29, 0.717) is 16.9 Å². The molecule has 3 aromatic rings. The quantitative estimate of drug-likeness (QED) is 0.606. The Morgan fingerprint density at radius 2 is 1.71 bits per heavy atom. The van der Waals surface area contributed by atoms with Crippen molar-refractivity contribution in [2.75, 3.05) is 16.9 Å². The Bertz CT molecular complexity index is 980. The van der Waals surface area contributed by atoms with Gasteiger partial charge >= 0.3 is 0 Å². The highest BCUT2D eigenvalue weighted by molar-refractivity contribution is 7.98. The van der Waals surface area contributed by atoms with Crippen molar-refractivity contribution in [1.82, 2.24) is 9.55 Å². The zero-order valence-corrected chi connectivity index (χ0v) is 16.8. The summed E-state index contributed by atoms with van der Waals surface area (Å²) in [5.74, 6) is -0.335. The Kier molecular flexibility index (Phi) is 6.16. The normalized spacial score (nSPS) is 10.7. The van der Waals surface area contributed by atoms with Crippen LogP contribution in [0.3, 0.4) is 0 Å². The smallest absolute Gasteiger partial charge is 0.255 e. The average Bonchev–Trinajstić information content (AvgIpc) is 3.18. The van der Waals surface area contributed by atoms with E-state index in [1.807, 2.05) is 49.1 Å². The second kappa shape index (κ2) is 8.75. The van der Waals surface area contributed by atoms with Crippen molar-refractivity contribution in [3.05, 3.63) is 66.5 Å². The van der Waals surface area contributed by atoms with Crippen LogP contribution in [0, 0.1) is 5.92 Å². The van der Waals surface area contributed by atoms with Crippen LogP contribution in [-0.4, -0.2) is 27.6 Å². The van der Waals surface area contributed by atoms with Gasteiger partial charge in [0.05, 0.1) is 0 Å². The van der Waals surface area contributed by atoms with Crippen LogP contribution in [-0.2, 0) is 4.79 Å². The number of carbonyl (C=O) groups is 2. The summed E-state index contributed by atoms with van der Waals surface area (Å²) in [6.45, 7) is 3.67. The third kappa shape index (κ3) is 4.61. The number of rotatable bonds is 6. The maximum Gasteiger partial charge on any atom is 0.255 e. The molecule has 2 aromatic carbocycles. The lowest BCUT2D eigenvalue weighted by Crippen LogP contribution is -2.17. The molecule has 0 radical (unpaired) electrons. The van der Waals surface area contributed by atoms with Gasteiger partial charge in [0, 0.05) is 40.9 Å². The molecule has 7 heteroatoms. The van der Waals surface area contributed by atoms with Gasteiger partial charge in [0.15, 0.2) is 5.16 Å². The van der Waals surface area contributed by atoms with Crippen molar-refractivity contribution < 1.29 is 9.59 Å². The first kappa shape index (κ1) is 19.7. The fourth-order valence-electron chi connectivity index (χ4n) is 2.56. The summed E-state index contributed by atoms with van der Waals surface area (Å²) in [6.07, 6.45) is 5.56. The number of aromatic nitrogens is 2. The summed E-state index contributed by atoms with van der Waals surface area (Å²) in [6, 6.07) is 14.4. The molecule has 0 spiro atoms. The molecule has 0 aliphatic rings. The summed E-state index contributed by atoms with van der Waals surface area (Å²) in [5, 5.41) is 6.56. The third-order valence-electron chi connectivity index (χ3n) is 4.11. The molecule has 2 N–H and O–H groups in total. The highest BCUT2D eigenvalue weighted by Gasteiger charge is 2.10. The van der Waals surface area contributed by atoms with Crippen molar-refractivity contribution in [2.24, 2.45) is 5.92 Å². The first-order valence-corrected chi connectivity index (χ1v) is 10.1. The highest BCUT2D eigenvalue weighted by Crippen LogP contribution is 2.20. The molecule has 144 valence electrons. The second-order valence-electron chi connectivity index (χ2n) is 6.51. The van der Waals surface area contributed by atoms with Crippen LogP contribution in [0.5, 0.6) is 0 Å². The molecule has 0 saturated carbocycles. The van der Waals surface area contributed by atoms with Gasteiger partial charge in [-0.15, -0.1) is 0 Å². The molecule has 1 aromatic heterocycles. The number of thioether (sulfide) groups is 1. The number of benzene rings is 2. The van der Waals surface area contributed by atoms with Crippen LogP contribution in [0.2, 0.25) is 0 Å². The molecule has 3 rings (SSSR count). The first-order valence-electron chi connectivity index (χ1n) is 8.88. The number of nitrogens with one attached hydrogen (secondary N) is 2. The lowest BCUT2D eigenvalue weighted by atomic mass is 10.1. The number of amides is 2. The molecule has 2 amide bonds. The van der Waals surface area contributed by atoms with Crippen molar-refractivity contribution in [3.63, 3.8) is 0 Å². The minimum atomic E-state index is -0.202. The Balaban J connectivity index is 1.71.